The predicted octanol–water partition coefficient (Wildman–Crippen LogP) is 4.60. The third-order valence-electron chi connectivity index (χ3n) is 6.48. The second-order valence-corrected chi connectivity index (χ2v) is 8.42. The molecule has 154 valence electrons. The Morgan fingerprint density at radius 2 is 1.73 bits per heavy atom. The topological polar surface area (TPSA) is 38.1 Å². The number of hydrogen-bond acceptors (Lipinski definition) is 2. The van der Waals surface area contributed by atoms with Gasteiger partial charge in [0.2, 0.25) is 0 Å². The summed E-state index contributed by atoms with van der Waals surface area (Å²) in [4.78, 5) is 15.2. The van der Waals surface area contributed by atoms with E-state index >= 15 is 0 Å². The number of benzene rings is 2. The van der Waals surface area contributed by atoms with E-state index in [1.807, 2.05) is 11.0 Å². The van der Waals surface area contributed by atoms with Crippen LogP contribution in [0.2, 0.25) is 0 Å². The number of rotatable bonds is 4. The van der Waals surface area contributed by atoms with Gasteiger partial charge in [-0.3, -0.25) is 4.79 Å². The largest absolute Gasteiger partial charge is 0.337 e. The highest BCUT2D eigenvalue weighted by Gasteiger charge is 2.31. The second-order valence-electron chi connectivity index (χ2n) is 8.42. The molecule has 1 aliphatic heterocycles. The van der Waals surface area contributed by atoms with Gasteiger partial charge in [-0.1, -0.05) is 42.5 Å². The summed E-state index contributed by atoms with van der Waals surface area (Å²) in [6, 6.07) is 17.2. The van der Waals surface area contributed by atoms with E-state index in [2.05, 4.69) is 29.4 Å². The van der Waals surface area contributed by atoms with Gasteiger partial charge in [0.25, 0.3) is 5.91 Å². The molecule has 2 aromatic carbocycles. The first-order valence-corrected chi connectivity index (χ1v) is 10.9. The van der Waals surface area contributed by atoms with Gasteiger partial charge >= 0.3 is 0 Å². The van der Waals surface area contributed by atoms with Crippen LogP contribution in [-0.4, -0.2) is 33.7 Å². The van der Waals surface area contributed by atoms with Crippen LogP contribution < -0.4 is 0 Å². The molecule has 0 radical (unpaired) electrons. The highest BCUT2D eigenvalue weighted by Crippen LogP contribution is 2.30. The lowest BCUT2D eigenvalue weighted by Gasteiger charge is -2.31. The zero-order valence-electron chi connectivity index (χ0n) is 17.1. The summed E-state index contributed by atoms with van der Waals surface area (Å²) >= 11 is 0. The number of nitrogens with zero attached hydrogens (tertiary/aromatic N) is 3. The minimum atomic E-state index is -0.310. The van der Waals surface area contributed by atoms with Crippen LogP contribution in [0, 0.1) is 11.7 Å². The molecule has 30 heavy (non-hydrogen) atoms. The van der Waals surface area contributed by atoms with Crippen molar-refractivity contribution in [3.8, 4) is 5.69 Å². The van der Waals surface area contributed by atoms with Crippen molar-refractivity contribution in [2.45, 2.75) is 38.5 Å². The minimum absolute atomic E-state index is 0.00130. The zero-order chi connectivity index (χ0) is 20.5. The molecule has 2 heterocycles. The van der Waals surface area contributed by atoms with Crippen molar-refractivity contribution in [3.63, 3.8) is 0 Å². The van der Waals surface area contributed by atoms with Crippen molar-refractivity contribution in [3.05, 3.63) is 82.9 Å². The van der Waals surface area contributed by atoms with Crippen molar-refractivity contribution in [1.29, 1.82) is 0 Å². The van der Waals surface area contributed by atoms with Crippen molar-refractivity contribution in [1.82, 2.24) is 14.7 Å². The summed E-state index contributed by atoms with van der Waals surface area (Å²) < 4.78 is 16.0. The number of fused-ring (bicyclic) bond motifs is 1. The van der Waals surface area contributed by atoms with Gasteiger partial charge in [0.15, 0.2) is 5.69 Å². The molecule has 0 unspecified atom stereocenters. The van der Waals surface area contributed by atoms with Crippen molar-refractivity contribution in [2.75, 3.05) is 13.1 Å². The number of carbonyl (C=O) groups excluding carboxylic acids is 1. The lowest BCUT2D eigenvalue weighted by Crippen LogP contribution is -2.39. The van der Waals surface area contributed by atoms with Crippen LogP contribution in [0.1, 0.15) is 46.6 Å². The van der Waals surface area contributed by atoms with E-state index in [0.29, 0.717) is 17.3 Å². The number of hydrogen-bond donors (Lipinski definition) is 0. The lowest BCUT2D eigenvalue weighted by molar-refractivity contribution is 0.0683. The van der Waals surface area contributed by atoms with E-state index in [9.17, 15) is 9.18 Å². The number of halogens is 1. The molecule has 0 bridgehead atoms. The van der Waals surface area contributed by atoms with Crippen molar-refractivity contribution in [2.24, 2.45) is 5.92 Å². The lowest BCUT2D eigenvalue weighted by atomic mass is 9.90. The molecule has 0 saturated carbocycles. The molecular formula is C25H26FN3O. The first-order valence-electron chi connectivity index (χ1n) is 10.9. The second kappa shape index (κ2) is 8.05. The van der Waals surface area contributed by atoms with Gasteiger partial charge in [-0.2, -0.15) is 5.10 Å². The highest BCUT2D eigenvalue weighted by atomic mass is 19.1. The van der Waals surface area contributed by atoms with Crippen LogP contribution in [0.3, 0.4) is 0 Å². The maximum atomic E-state index is 14.4. The quantitative estimate of drug-likeness (QED) is 0.639. The Bertz CT molecular complexity index is 1050. The van der Waals surface area contributed by atoms with E-state index in [4.69, 9.17) is 0 Å². The van der Waals surface area contributed by atoms with E-state index in [1.165, 1.54) is 11.6 Å². The Morgan fingerprint density at radius 3 is 2.50 bits per heavy atom. The summed E-state index contributed by atoms with van der Waals surface area (Å²) in [6.07, 6.45) is 5.76. The van der Waals surface area contributed by atoms with E-state index < -0.39 is 0 Å². The Kier molecular flexibility index (Phi) is 5.11. The van der Waals surface area contributed by atoms with Gasteiger partial charge in [-0.05, 0) is 62.1 Å². The molecule has 0 atom stereocenters. The van der Waals surface area contributed by atoms with Gasteiger partial charge in [-0.15, -0.1) is 0 Å². The fourth-order valence-electron chi connectivity index (χ4n) is 4.87. The molecule has 1 aromatic heterocycles. The number of amides is 1. The molecule has 1 fully saturated rings. The first-order chi connectivity index (χ1) is 14.7. The Labute approximate surface area is 176 Å². The minimum Gasteiger partial charge on any atom is -0.337 e. The van der Waals surface area contributed by atoms with Crippen LogP contribution in [0.15, 0.2) is 54.6 Å². The third-order valence-corrected chi connectivity index (χ3v) is 6.48. The number of aromatic nitrogens is 2. The fraction of sp³-hybridized carbons (Fsp3) is 0.360. The maximum Gasteiger partial charge on any atom is 0.274 e. The van der Waals surface area contributed by atoms with Crippen LogP contribution in [-0.2, 0) is 19.3 Å². The Balaban J connectivity index is 1.33. The van der Waals surface area contributed by atoms with Crippen LogP contribution in [0.25, 0.3) is 5.69 Å². The van der Waals surface area contributed by atoms with Crippen LogP contribution in [0.5, 0.6) is 0 Å². The average Bonchev–Trinajstić information content (AvgIpc) is 3.38. The summed E-state index contributed by atoms with van der Waals surface area (Å²) in [5.74, 6) is 0.301. The molecule has 5 rings (SSSR count). The fourth-order valence-corrected chi connectivity index (χ4v) is 4.87. The monoisotopic (exact) mass is 403 g/mol. The molecule has 1 saturated heterocycles. The van der Waals surface area contributed by atoms with Crippen molar-refractivity contribution < 1.29 is 9.18 Å². The first kappa shape index (κ1) is 19.0. The molecule has 3 aromatic rings. The Morgan fingerprint density at radius 1 is 1.00 bits per heavy atom. The van der Waals surface area contributed by atoms with Gasteiger partial charge in [-0.25, -0.2) is 9.07 Å². The summed E-state index contributed by atoms with van der Waals surface area (Å²) in [7, 11) is 0. The maximum absolute atomic E-state index is 14.4. The summed E-state index contributed by atoms with van der Waals surface area (Å²) in [6.45, 7) is 1.52. The molecule has 4 nitrogen and oxygen atoms in total. The third kappa shape index (κ3) is 3.53. The number of piperidine rings is 1. The average molecular weight is 404 g/mol. The van der Waals surface area contributed by atoms with E-state index in [0.717, 1.165) is 62.9 Å². The molecule has 5 heteroatoms. The SMILES string of the molecule is O=C(c1nn(-c2ccccc2F)c2c1CCC2)N1CCC(Cc2ccccc2)CC1. The summed E-state index contributed by atoms with van der Waals surface area (Å²) in [5, 5.41) is 4.61. The number of para-hydroxylation sites is 1. The van der Waals surface area contributed by atoms with Gasteiger partial charge in [0, 0.05) is 24.3 Å². The summed E-state index contributed by atoms with van der Waals surface area (Å²) in [5.41, 5.74) is 4.31. The molecular weight excluding hydrogens is 377 g/mol. The van der Waals surface area contributed by atoms with E-state index in [-0.39, 0.29) is 11.7 Å². The molecule has 1 aliphatic carbocycles. The van der Waals surface area contributed by atoms with Crippen LogP contribution in [0.4, 0.5) is 4.39 Å². The predicted molar refractivity (Wildman–Crippen MR) is 114 cm³/mol. The molecule has 0 N–H and O–H groups in total. The zero-order valence-corrected chi connectivity index (χ0v) is 17.1. The number of likely N-dealkylation sites (tertiary alicyclic amines) is 1. The van der Waals surface area contributed by atoms with E-state index in [1.54, 1.807) is 22.9 Å². The molecule has 2 aliphatic rings. The smallest absolute Gasteiger partial charge is 0.274 e. The standard InChI is InChI=1S/C25H26FN3O/c26-21-10-4-5-11-23(21)29-22-12-6-9-20(22)24(27-29)25(30)28-15-13-19(14-16-28)17-18-7-2-1-3-8-18/h1-5,7-8,10-11,19H,6,9,12-17H2. The normalized spacial score (nSPS) is 16.6. The number of carbonyl (C=O) groups is 1. The van der Waals surface area contributed by atoms with Crippen molar-refractivity contribution >= 4 is 5.91 Å². The van der Waals surface area contributed by atoms with Crippen LogP contribution >= 0.6 is 0 Å². The van der Waals surface area contributed by atoms with Gasteiger partial charge < -0.3 is 4.90 Å². The Hall–Kier alpha value is -2.95. The molecule has 1 amide bonds. The molecule has 0 spiro atoms. The van der Waals surface area contributed by atoms with Gasteiger partial charge in [0.05, 0.1) is 0 Å². The van der Waals surface area contributed by atoms with Gasteiger partial charge in [0.1, 0.15) is 11.5 Å². The highest BCUT2D eigenvalue weighted by molar-refractivity contribution is 5.94.